The van der Waals surface area contributed by atoms with Crippen molar-refractivity contribution in [3.8, 4) is 0 Å². The van der Waals surface area contributed by atoms with Gasteiger partial charge in [0.2, 0.25) is 0 Å². The Morgan fingerprint density at radius 3 is 2.68 bits per heavy atom. The number of alkyl halides is 2. The van der Waals surface area contributed by atoms with E-state index in [0.29, 0.717) is 0 Å². The molecule has 1 aliphatic rings. The average molecular weight is 335 g/mol. The van der Waals surface area contributed by atoms with E-state index in [1.54, 1.807) is 18.2 Å². The van der Waals surface area contributed by atoms with Gasteiger partial charge >= 0.3 is 12.6 Å². The molecule has 0 aliphatic heterocycles. The van der Waals surface area contributed by atoms with E-state index in [2.05, 4.69) is 20.7 Å². The first-order chi connectivity index (χ1) is 8.98. The summed E-state index contributed by atoms with van der Waals surface area (Å²) in [5.41, 5.74) is -0.124. The van der Waals surface area contributed by atoms with Gasteiger partial charge in [0.05, 0.1) is 18.6 Å². The van der Waals surface area contributed by atoms with Crippen LogP contribution in [0.15, 0.2) is 28.7 Å². The predicted molar refractivity (Wildman–Crippen MR) is 67.9 cm³/mol. The molecular weight excluding hydrogens is 322 g/mol. The highest BCUT2D eigenvalue weighted by molar-refractivity contribution is 9.10. The molecule has 0 heterocycles. The van der Waals surface area contributed by atoms with E-state index in [9.17, 15) is 13.6 Å². The molecule has 1 aromatic carbocycles. The van der Waals surface area contributed by atoms with E-state index in [0.717, 1.165) is 10.0 Å². The quantitative estimate of drug-likeness (QED) is 0.793. The number of benzene rings is 1. The topological polar surface area (TPSA) is 35.5 Å². The minimum absolute atomic E-state index is 0.209. The molecular formula is C13H13BrF2O3. The largest absolute Gasteiger partial charge is 0.468 e. The van der Waals surface area contributed by atoms with Gasteiger partial charge in [-0.15, -0.1) is 0 Å². The third kappa shape index (κ3) is 2.79. The molecule has 2 rings (SSSR count). The average Bonchev–Trinajstić information content (AvgIpc) is 2.32. The van der Waals surface area contributed by atoms with Crippen LogP contribution in [0.2, 0.25) is 0 Å². The molecule has 0 radical (unpaired) electrons. The Labute approximate surface area is 118 Å². The van der Waals surface area contributed by atoms with Gasteiger partial charge in [0, 0.05) is 4.47 Å². The van der Waals surface area contributed by atoms with E-state index in [1.807, 2.05) is 6.07 Å². The summed E-state index contributed by atoms with van der Waals surface area (Å²) in [6.45, 7) is -2.82. The first-order valence-corrected chi connectivity index (χ1v) is 6.55. The Bertz CT molecular complexity index is 473. The highest BCUT2D eigenvalue weighted by Gasteiger charge is 2.53. The summed E-state index contributed by atoms with van der Waals surface area (Å²) in [5, 5.41) is 0. The van der Waals surface area contributed by atoms with Gasteiger partial charge in [-0.25, -0.2) is 0 Å². The lowest BCUT2D eigenvalue weighted by Crippen LogP contribution is -2.52. The highest BCUT2D eigenvalue weighted by atomic mass is 79.9. The zero-order chi connectivity index (χ0) is 14.0. The second kappa shape index (κ2) is 5.54. The van der Waals surface area contributed by atoms with Crippen LogP contribution in [-0.2, 0) is 19.7 Å². The lowest BCUT2D eigenvalue weighted by molar-refractivity contribution is -0.203. The SMILES string of the molecule is COC(=O)C1(c2cccc(Br)c2)CC(OC(F)F)C1. The molecule has 0 atom stereocenters. The maximum atomic E-state index is 12.2. The van der Waals surface area contributed by atoms with Crippen LogP contribution in [0.5, 0.6) is 0 Å². The number of esters is 1. The van der Waals surface area contributed by atoms with Crippen molar-refractivity contribution in [1.29, 1.82) is 0 Å². The van der Waals surface area contributed by atoms with Crippen molar-refractivity contribution in [2.24, 2.45) is 0 Å². The lowest BCUT2D eigenvalue weighted by atomic mass is 9.62. The Morgan fingerprint density at radius 1 is 1.47 bits per heavy atom. The molecule has 0 unspecified atom stereocenters. The van der Waals surface area contributed by atoms with E-state index in [-0.39, 0.29) is 12.8 Å². The fourth-order valence-electron chi connectivity index (χ4n) is 2.46. The minimum Gasteiger partial charge on any atom is -0.468 e. The van der Waals surface area contributed by atoms with Gasteiger partial charge in [0.15, 0.2) is 0 Å². The summed E-state index contributed by atoms with van der Waals surface area (Å²) >= 11 is 3.33. The van der Waals surface area contributed by atoms with Crippen molar-refractivity contribution in [3.63, 3.8) is 0 Å². The Morgan fingerprint density at radius 2 is 2.16 bits per heavy atom. The van der Waals surface area contributed by atoms with Crippen LogP contribution >= 0.6 is 15.9 Å². The zero-order valence-corrected chi connectivity index (χ0v) is 11.8. The van der Waals surface area contributed by atoms with Crippen LogP contribution in [-0.4, -0.2) is 25.8 Å². The number of rotatable bonds is 4. The number of halogens is 3. The smallest absolute Gasteiger partial charge is 0.345 e. The van der Waals surface area contributed by atoms with E-state index in [1.165, 1.54) is 7.11 Å². The molecule has 0 aromatic heterocycles. The maximum Gasteiger partial charge on any atom is 0.345 e. The summed E-state index contributed by atoms with van der Waals surface area (Å²) in [6, 6.07) is 7.22. The Balaban J connectivity index is 2.22. The molecule has 1 aliphatic carbocycles. The second-order valence-electron chi connectivity index (χ2n) is 4.51. The van der Waals surface area contributed by atoms with Gasteiger partial charge in [-0.2, -0.15) is 8.78 Å². The van der Waals surface area contributed by atoms with E-state index in [4.69, 9.17) is 4.74 Å². The molecule has 1 saturated carbocycles. The predicted octanol–water partition coefficient (Wildman–Crippen LogP) is 3.26. The van der Waals surface area contributed by atoms with Gasteiger partial charge in [0.1, 0.15) is 0 Å². The number of hydrogen-bond acceptors (Lipinski definition) is 3. The van der Waals surface area contributed by atoms with Crippen LogP contribution in [0.4, 0.5) is 8.78 Å². The molecule has 104 valence electrons. The fraction of sp³-hybridized carbons (Fsp3) is 0.462. The first kappa shape index (κ1) is 14.4. The fourth-order valence-corrected chi connectivity index (χ4v) is 2.86. The summed E-state index contributed by atoms with van der Waals surface area (Å²) in [4.78, 5) is 12.0. The normalized spacial score (nSPS) is 26.1. The standard InChI is InChI=1S/C13H13BrF2O3/c1-18-11(17)13(6-10(7-13)19-12(15)16)8-3-2-4-9(14)5-8/h2-5,10,12H,6-7H2,1H3. The van der Waals surface area contributed by atoms with Gasteiger partial charge in [-0.05, 0) is 30.5 Å². The van der Waals surface area contributed by atoms with Crippen LogP contribution in [0.25, 0.3) is 0 Å². The molecule has 1 fully saturated rings. The number of carbonyl (C=O) groups excluding carboxylic acids is 1. The summed E-state index contributed by atoms with van der Waals surface area (Å²) in [6.07, 6.45) is -0.195. The summed E-state index contributed by atoms with van der Waals surface area (Å²) in [5.74, 6) is -0.417. The van der Waals surface area contributed by atoms with Crippen molar-refractivity contribution in [1.82, 2.24) is 0 Å². The molecule has 0 N–H and O–H groups in total. The Kier molecular flexibility index (Phi) is 4.20. The lowest BCUT2D eigenvalue weighted by Gasteiger charge is -2.45. The minimum atomic E-state index is -2.82. The van der Waals surface area contributed by atoms with Crippen LogP contribution in [0.3, 0.4) is 0 Å². The molecule has 1 aromatic rings. The molecule has 0 spiro atoms. The summed E-state index contributed by atoms with van der Waals surface area (Å²) in [7, 11) is 1.30. The molecule has 3 nitrogen and oxygen atoms in total. The van der Waals surface area contributed by atoms with Crippen molar-refractivity contribution in [2.75, 3.05) is 7.11 Å². The molecule has 6 heteroatoms. The second-order valence-corrected chi connectivity index (χ2v) is 5.43. The van der Waals surface area contributed by atoms with Crippen LogP contribution in [0, 0.1) is 0 Å². The van der Waals surface area contributed by atoms with Gasteiger partial charge in [-0.3, -0.25) is 4.79 Å². The number of ether oxygens (including phenoxy) is 2. The molecule has 0 saturated heterocycles. The van der Waals surface area contributed by atoms with E-state index < -0.39 is 24.1 Å². The van der Waals surface area contributed by atoms with Gasteiger partial charge in [-0.1, -0.05) is 28.1 Å². The Hall–Kier alpha value is -1.01. The maximum absolute atomic E-state index is 12.2. The molecule has 0 bridgehead atoms. The van der Waals surface area contributed by atoms with E-state index >= 15 is 0 Å². The van der Waals surface area contributed by atoms with Crippen molar-refractivity contribution >= 4 is 21.9 Å². The molecule has 19 heavy (non-hydrogen) atoms. The van der Waals surface area contributed by atoms with Crippen molar-refractivity contribution in [2.45, 2.75) is 31.0 Å². The first-order valence-electron chi connectivity index (χ1n) is 5.76. The third-order valence-electron chi connectivity index (χ3n) is 3.40. The zero-order valence-electron chi connectivity index (χ0n) is 10.2. The monoisotopic (exact) mass is 334 g/mol. The summed E-state index contributed by atoms with van der Waals surface area (Å²) < 4.78 is 34.4. The van der Waals surface area contributed by atoms with Gasteiger partial charge in [0.25, 0.3) is 0 Å². The van der Waals surface area contributed by atoms with Crippen molar-refractivity contribution in [3.05, 3.63) is 34.3 Å². The van der Waals surface area contributed by atoms with Gasteiger partial charge < -0.3 is 9.47 Å². The number of methoxy groups -OCH3 is 1. The third-order valence-corrected chi connectivity index (χ3v) is 3.89. The molecule has 0 amide bonds. The van der Waals surface area contributed by atoms with Crippen molar-refractivity contribution < 1.29 is 23.0 Å². The van der Waals surface area contributed by atoms with Crippen LogP contribution < -0.4 is 0 Å². The number of carbonyl (C=O) groups is 1. The van der Waals surface area contributed by atoms with Crippen LogP contribution in [0.1, 0.15) is 18.4 Å². The highest BCUT2D eigenvalue weighted by Crippen LogP contribution is 2.47. The number of hydrogen-bond donors (Lipinski definition) is 0.